The summed E-state index contributed by atoms with van der Waals surface area (Å²) in [5, 5.41) is 11.0. The van der Waals surface area contributed by atoms with Gasteiger partial charge in [-0.3, -0.25) is 4.68 Å². The Kier molecular flexibility index (Phi) is 3.74. The van der Waals surface area contributed by atoms with Crippen LogP contribution in [-0.2, 0) is 13.1 Å². The van der Waals surface area contributed by atoms with Gasteiger partial charge < -0.3 is 9.88 Å². The standard InChI is InChI=1S/C11H18N6/c1-3-6-16-9-10(2)14-11(16)12-4-7-17-8-5-13-15-17/h5,8-9H,3-4,6-7H2,1-2H3,(H,12,14). The second-order valence-electron chi connectivity index (χ2n) is 3.99. The molecule has 0 aliphatic carbocycles. The van der Waals surface area contributed by atoms with E-state index in [0.29, 0.717) is 0 Å². The number of rotatable bonds is 6. The molecule has 0 atom stereocenters. The predicted molar refractivity (Wildman–Crippen MR) is 65.8 cm³/mol. The average molecular weight is 234 g/mol. The maximum atomic E-state index is 4.45. The lowest BCUT2D eigenvalue weighted by atomic mass is 10.5. The zero-order valence-corrected chi connectivity index (χ0v) is 10.3. The summed E-state index contributed by atoms with van der Waals surface area (Å²) < 4.78 is 3.95. The Bertz CT molecular complexity index is 444. The lowest BCUT2D eigenvalue weighted by Gasteiger charge is -2.08. The summed E-state index contributed by atoms with van der Waals surface area (Å²) in [6.45, 7) is 6.75. The zero-order valence-electron chi connectivity index (χ0n) is 10.3. The van der Waals surface area contributed by atoms with Crippen LogP contribution in [0.25, 0.3) is 0 Å². The maximum absolute atomic E-state index is 4.45. The third kappa shape index (κ3) is 3.05. The Morgan fingerprint density at radius 1 is 1.35 bits per heavy atom. The number of hydrogen-bond donors (Lipinski definition) is 1. The van der Waals surface area contributed by atoms with Crippen molar-refractivity contribution in [2.45, 2.75) is 33.4 Å². The monoisotopic (exact) mass is 234 g/mol. The van der Waals surface area contributed by atoms with Gasteiger partial charge in [-0.1, -0.05) is 12.1 Å². The fourth-order valence-electron chi connectivity index (χ4n) is 1.73. The minimum atomic E-state index is 0.790. The van der Waals surface area contributed by atoms with Crippen LogP contribution in [0.3, 0.4) is 0 Å². The van der Waals surface area contributed by atoms with Crippen LogP contribution in [0.5, 0.6) is 0 Å². The van der Waals surface area contributed by atoms with E-state index in [4.69, 9.17) is 0 Å². The first-order valence-corrected chi connectivity index (χ1v) is 5.91. The molecule has 0 bridgehead atoms. The molecular formula is C11H18N6. The van der Waals surface area contributed by atoms with Gasteiger partial charge in [-0.2, -0.15) is 0 Å². The molecule has 0 amide bonds. The molecule has 6 nitrogen and oxygen atoms in total. The van der Waals surface area contributed by atoms with Gasteiger partial charge in [-0.15, -0.1) is 5.10 Å². The highest BCUT2D eigenvalue weighted by Crippen LogP contribution is 2.08. The first-order valence-electron chi connectivity index (χ1n) is 5.91. The highest BCUT2D eigenvalue weighted by molar-refractivity contribution is 5.28. The van der Waals surface area contributed by atoms with Gasteiger partial charge in [0.2, 0.25) is 5.95 Å². The van der Waals surface area contributed by atoms with Crippen molar-refractivity contribution in [3.63, 3.8) is 0 Å². The number of hydrogen-bond acceptors (Lipinski definition) is 4. The van der Waals surface area contributed by atoms with Crippen molar-refractivity contribution >= 4 is 5.95 Å². The van der Waals surface area contributed by atoms with Gasteiger partial charge in [0.1, 0.15) is 0 Å². The third-order valence-corrected chi connectivity index (χ3v) is 2.46. The van der Waals surface area contributed by atoms with Gasteiger partial charge in [-0.25, -0.2) is 4.98 Å². The SMILES string of the molecule is CCCn1cc(C)nc1NCCn1ccnn1. The minimum absolute atomic E-state index is 0.790. The van der Waals surface area contributed by atoms with E-state index in [2.05, 4.69) is 38.3 Å². The van der Waals surface area contributed by atoms with Crippen molar-refractivity contribution in [2.75, 3.05) is 11.9 Å². The Morgan fingerprint density at radius 3 is 2.94 bits per heavy atom. The summed E-state index contributed by atoms with van der Waals surface area (Å²) >= 11 is 0. The third-order valence-electron chi connectivity index (χ3n) is 2.46. The fraction of sp³-hybridized carbons (Fsp3) is 0.545. The summed E-state index contributed by atoms with van der Waals surface area (Å²) in [5.41, 5.74) is 1.04. The van der Waals surface area contributed by atoms with Crippen molar-refractivity contribution < 1.29 is 0 Å². The topological polar surface area (TPSA) is 60.6 Å². The molecule has 0 radical (unpaired) electrons. The molecule has 0 saturated carbocycles. The largest absolute Gasteiger partial charge is 0.354 e. The maximum Gasteiger partial charge on any atom is 0.203 e. The van der Waals surface area contributed by atoms with Crippen LogP contribution in [0.1, 0.15) is 19.0 Å². The second-order valence-corrected chi connectivity index (χ2v) is 3.99. The van der Waals surface area contributed by atoms with Gasteiger partial charge in [0.05, 0.1) is 18.4 Å². The average Bonchev–Trinajstić information content (AvgIpc) is 2.90. The predicted octanol–water partition coefficient (Wildman–Crippen LogP) is 1.31. The molecule has 0 aromatic carbocycles. The summed E-state index contributed by atoms with van der Waals surface area (Å²) in [5.74, 6) is 0.935. The molecule has 0 aliphatic rings. The smallest absolute Gasteiger partial charge is 0.203 e. The van der Waals surface area contributed by atoms with Gasteiger partial charge in [-0.05, 0) is 13.3 Å². The van der Waals surface area contributed by atoms with Crippen LogP contribution >= 0.6 is 0 Å². The van der Waals surface area contributed by atoms with Crippen LogP contribution in [0.2, 0.25) is 0 Å². The molecule has 2 rings (SSSR count). The van der Waals surface area contributed by atoms with Crippen molar-refractivity contribution in [3.8, 4) is 0 Å². The normalized spacial score (nSPS) is 10.7. The molecule has 2 aromatic heterocycles. The number of nitrogens with one attached hydrogen (secondary N) is 1. The Morgan fingerprint density at radius 2 is 2.24 bits per heavy atom. The van der Waals surface area contributed by atoms with Crippen molar-refractivity contribution in [2.24, 2.45) is 0 Å². The van der Waals surface area contributed by atoms with Crippen LogP contribution in [0.15, 0.2) is 18.6 Å². The number of aromatic nitrogens is 5. The second kappa shape index (κ2) is 5.47. The zero-order chi connectivity index (χ0) is 12.1. The van der Waals surface area contributed by atoms with E-state index in [1.165, 1.54) is 0 Å². The summed E-state index contributed by atoms with van der Waals surface area (Å²) in [7, 11) is 0. The first kappa shape index (κ1) is 11.6. The number of aryl methyl sites for hydroxylation is 2. The molecule has 2 heterocycles. The van der Waals surface area contributed by atoms with E-state index in [-0.39, 0.29) is 0 Å². The summed E-state index contributed by atoms with van der Waals surface area (Å²) in [4.78, 5) is 4.45. The molecular weight excluding hydrogens is 216 g/mol. The minimum Gasteiger partial charge on any atom is -0.354 e. The van der Waals surface area contributed by atoms with Gasteiger partial charge in [0.25, 0.3) is 0 Å². The van der Waals surface area contributed by atoms with E-state index >= 15 is 0 Å². The first-order chi connectivity index (χ1) is 8.29. The van der Waals surface area contributed by atoms with E-state index in [0.717, 1.165) is 37.7 Å². The summed E-state index contributed by atoms with van der Waals surface area (Å²) in [6, 6.07) is 0. The number of anilines is 1. The quantitative estimate of drug-likeness (QED) is 0.818. The molecule has 0 unspecified atom stereocenters. The molecule has 0 aliphatic heterocycles. The molecule has 17 heavy (non-hydrogen) atoms. The Hall–Kier alpha value is -1.85. The van der Waals surface area contributed by atoms with Crippen LogP contribution in [-0.4, -0.2) is 31.1 Å². The molecule has 0 fully saturated rings. The lowest BCUT2D eigenvalue weighted by Crippen LogP contribution is -2.14. The highest BCUT2D eigenvalue weighted by Gasteiger charge is 2.03. The highest BCUT2D eigenvalue weighted by atomic mass is 15.4. The number of imidazole rings is 1. The van der Waals surface area contributed by atoms with Gasteiger partial charge >= 0.3 is 0 Å². The number of nitrogens with zero attached hydrogens (tertiary/aromatic N) is 5. The molecule has 0 saturated heterocycles. The Labute approximate surface area is 101 Å². The fourth-order valence-corrected chi connectivity index (χ4v) is 1.73. The molecule has 2 aromatic rings. The van der Waals surface area contributed by atoms with E-state index in [9.17, 15) is 0 Å². The van der Waals surface area contributed by atoms with Crippen LogP contribution < -0.4 is 5.32 Å². The van der Waals surface area contributed by atoms with Crippen molar-refractivity contribution in [1.29, 1.82) is 0 Å². The van der Waals surface area contributed by atoms with Crippen LogP contribution in [0.4, 0.5) is 5.95 Å². The van der Waals surface area contributed by atoms with Gasteiger partial charge in [0.15, 0.2) is 0 Å². The molecule has 1 N–H and O–H groups in total. The van der Waals surface area contributed by atoms with Crippen molar-refractivity contribution in [3.05, 3.63) is 24.3 Å². The lowest BCUT2D eigenvalue weighted by molar-refractivity contribution is 0.603. The van der Waals surface area contributed by atoms with Crippen LogP contribution in [0, 0.1) is 6.92 Å². The Balaban J connectivity index is 1.89. The molecule has 92 valence electrons. The van der Waals surface area contributed by atoms with E-state index in [1.54, 1.807) is 10.9 Å². The molecule has 0 spiro atoms. The van der Waals surface area contributed by atoms with Gasteiger partial charge in [0, 0.05) is 25.5 Å². The van der Waals surface area contributed by atoms with E-state index < -0.39 is 0 Å². The molecule has 6 heteroatoms. The van der Waals surface area contributed by atoms with Crippen molar-refractivity contribution in [1.82, 2.24) is 24.5 Å². The summed E-state index contributed by atoms with van der Waals surface area (Å²) in [6.07, 6.45) is 6.71. The van der Waals surface area contributed by atoms with E-state index in [1.807, 2.05) is 13.1 Å².